The lowest BCUT2D eigenvalue weighted by atomic mass is 10.1. The number of nitrogens with zero attached hydrogens (tertiary/aromatic N) is 1. The summed E-state index contributed by atoms with van der Waals surface area (Å²) >= 11 is 15.1. The molecule has 0 spiro atoms. The summed E-state index contributed by atoms with van der Waals surface area (Å²) in [7, 11) is 1.80. The van der Waals surface area contributed by atoms with Gasteiger partial charge in [0.25, 0.3) is 0 Å². The lowest BCUT2D eigenvalue weighted by Crippen LogP contribution is -2.37. The van der Waals surface area contributed by atoms with E-state index in [0.29, 0.717) is 16.5 Å². The molecule has 94 valence electrons. The number of rotatable bonds is 4. The van der Waals surface area contributed by atoms with Crippen LogP contribution in [0.2, 0.25) is 10.0 Å². The van der Waals surface area contributed by atoms with Crippen molar-refractivity contribution in [3.05, 3.63) is 33.8 Å². The van der Waals surface area contributed by atoms with Crippen LogP contribution in [0.1, 0.15) is 12.5 Å². The Labute approximate surface area is 120 Å². The SMILES string of the molecule is CC(CBr)N(C)C(=O)Cc1ccc(Cl)c(Cl)c1. The van der Waals surface area contributed by atoms with Crippen LogP contribution < -0.4 is 0 Å². The van der Waals surface area contributed by atoms with Gasteiger partial charge in [-0.25, -0.2) is 0 Å². The van der Waals surface area contributed by atoms with Gasteiger partial charge in [0, 0.05) is 18.4 Å². The Morgan fingerprint density at radius 3 is 2.59 bits per heavy atom. The number of amides is 1. The molecule has 0 aromatic heterocycles. The zero-order chi connectivity index (χ0) is 13.0. The van der Waals surface area contributed by atoms with Gasteiger partial charge in [-0.2, -0.15) is 0 Å². The Morgan fingerprint density at radius 2 is 2.06 bits per heavy atom. The second-order valence-corrected chi connectivity index (χ2v) is 5.40. The molecule has 1 atom stereocenters. The van der Waals surface area contributed by atoms with E-state index in [0.717, 1.165) is 10.9 Å². The molecule has 5 heteroatoms. The van der Waals surface area contributed by atoms with Crippen molar-refractivity contribution in [2.24, 2.45) is 0 Å². The molecule has 1 unspecified atom stereocenters. The largest absolute Gasteiger partial charge is 0.342 e. The number of halogens is 3. The zero-order valence-electron chi connectivity index (χ0n) is 9.71. The Balaban J connectivity index is 2.71. The van der Waals surface area contributed by atoms with E-state index in [1.165, 1.54) is 0 Å². The van der Waals surface area contributed by atoms with E-state index in [-0.39, 0.29) is 11.9 Å². The highest BCUT2D eigenvalue weighted by Crippen LogP contribution is 2.23. The topological polar surface area (TPSA) is 20.3 Å². The number of alkyl halides is 1. The molecule has 0 bridgehead atoms. The maximum atomic E-state index is 11.9. The van der Waals surface area contributed by atoms with Crippen molar-refractivity contribution in [3.63, 3.8) is 0 Å². The van der Waals surface area contributed by atoms with Gasteiger partial charge in [0.05, 0.1) is 16.5 Å². The van der Waals surface area contributed by atoms with Crippen molar-refractivity contribution in [1.82, 2.24) is 4.90 Å². The van der Waals surface area contributed by atoms with E-state index in [9.17, 15) is 4.79 Å². The molecule has 0 fully saturated rings. The second-order valence-electron chi connectivity index (χ2n) is 3.93. The van der Waals surface area contributed by atoms with Gasteiger partial charge in [-0.1, -0.05) is 45.2 Å². The summed E-state index contributed by atoms with van der Waals surface area (Å²) in [5, 5.41) is 1.74. The van der Waals surface area contributed by atoms with Crippen LogP contribution in [0.3, 0.4) is 0 Å². The molecule has 0 aliphatic heterocycles. The predicted octanol–water partition coefficient (Wildman–Crippen LogP) is 3.78. The van der Waals surface area contributed by atoms with Crippen molar-refractivity contribution in [2.45, 2.75) is 19.4 Å². The summed E-state index contributed by atoms with van der Waals surface area (Å²) in [6.07, 6.45) is 0.338. The number of likely N-dealkylation sites (N-methyl/N-ethyl adjacent to an activating group) is 1. The number of hydrogen-bond donors (Lipinski definition) is 0. The van der Waals surface area contributed by atoms with Gasteiger partial charge in [-0.3, -0.25) is 4.79 Å². The molecule has 0 N–H and O–H groups in total. The van der Waals surface area contributed by atoms with Gasteiger partial charge in [-0.05, 0) is 24.6 Å². The molecule has 1 amide bonds. The van der Waals surface area contributed by atoms with Crippen molar-refractivity contribution >= 4 is 45.0 Å². The van der Waals surface area contributed by atoms with Crippen LogP contribution in [-0.2, 0) is 11.2 Å². The monoisotopic (exact) mass is 337 g/mol. The molecule has 0 saturated heterocycles. The molecule has 1 aromatic rings. The second kappa shape index (κ2) is 6.62. The highest BCUT2D eigenvalue weighted by molar-refractivity contribution is 9.09. The minimum Gasteiger partial charge on any atom is -0.342 e. The molecule has 2 nitrogen and oxygen atoms in total. The van der Waals surface area contributed by atoms with E-state index in [4.69, 9.17) is 23.2 Å². The normalized spacial score (nSPS) is 12.3. The van der Waals surface area contributed by atoms with Crippen molar-refractivity contribution in [2.75, 3.05) is 12.4 Å². The number of carbonyl (C=O) groups excluding carboxylic acids is 1. The third-order valence-corrected chi connectivity index (χ3v) is 4.29. The summed E-state index contributed by atoms with van der Waals surface area (Å²) in [5.41, 5.74) is 0.873. The fourth-order valence-electron chi connectivity index (χ4n) is 1.30. The van der Waals surface area contributed by atoms with Crippen LogP contribution in [0.5, 0.6) is 0 Å². The van der Waals surface area contributed by atoms with Crippen LogP contribution in [0.25, 0.3) is 0 Å². The van der Waals surface area contributed by atoms with Crippen LogP contribution in [0.4, 0.5) is 0 Å². The standard InChI is InChI=1S/C12H14BrCl2NO/c1-8(7-13)16(2)12(17)6-9-3-4-10(14)11(15)5-9/h3-5,8H,6-7H2,1-2H3. The molecule has 17 heavy (non-hydrogen) atoms. The number of benzene rings is 1. The third-order valence-electron chi connectivity index (χ3n) is 2.62. The van der Waals surface area contributed by atoms with Crippen LogP contribution in [0, 0.1) is 0 Å². The van der Waals surface area contributed by atoms with Gasteiger partial charge in [0.1, 0.15) is 0 Å². The van der Waals surface area contributed by atoms with Crippen LogP contribution in [-0.4, -0.2) is 29.2 Å². The highest BCUT2D eigenvalue weighted by atomic mass is 79.9. The smallest absolute Gasteiger partial charge is 0.226 e. The van der Waals surface area contributed by atoms with Gasteiger partial charge in [0.15, 0.2) is 0 Å². The molecule has 0 aliphatic carbocycles. The maximum absolute atomic E-state index is 11.9. The number of hydrogen-bond acceptors (Lipinski definition) is 1. The van der Waals surface area contributed by atoms with E-state index < -0.39 is 0 Å². The third kappa shape index (κ3) is 4.16. The fourth-order valence-corrected chi connectivity index (χ4v) is 2.05. The molecular formula is C12H14BrCl2NO. The zero-order valence-corrected chi connectivity index (χ0v) is 12.8. The predicted molar refractivity (Wildman–Crippen MR) is 76.2 cm³/mol. The van der Waals surface area contributed by atoms with Gasteiger partial charge in [0.2, 0.25) is 5.91 Å². The summed E-state index contributed by atoms with van der Waals surface area (Å²) in [4.78, 5) is 13.7. The van der Waals surface area contributed by atoms with Gasteiger partial charge < -0.3 is 4.90 Å². The lowest BCUT2D eigenvalue weighted by Gasteiger charge is -2.23. The molecule has 0 saturated carbocycles. The Morgan fingerprint density at radius 1 is 1.41 bits per heavy atom. The molecule has 0 heterocycles. The van der Waals surface area contributed by atoms with E-state index >= 15 is 0 Å². The summed E-state index contributed by atoms with van der Waals surface area (Å²) in [5.74, 6) is 0.0651. The minimum absolute atomic E-state index is 0.0651. The average molecular weight is 339 g/mol. The molecule has 1 aromatic carbocycles. The molecular weight excluding hydrogens is 325 g/mol. The van der Waals surface area contributed by atoms with Crippen LogP contribution >= 0.6 is 39.1 Å². The van der Waals surface area contributed by atoms with Crippen molar-refractivity contribution in [1.29, 1.82) is 0 Å². The molecule has 0 radical (unpaired) electrons. The molecule has 1 rings (SSSR count). The quantitative estimate of drug-likeness (QED) is 0.765. The first-order valence-corrected chi connectivity index (χ1v) is 7.09. The first-order valence-electron chi connectivity index (χ1n) is 5.21. The van der Waals surface area contributed by atoms with E-state index in [1.807, 2.05) is 13.0 Å². The Bertz CT molecular complexity index is 411. The summed E-state index contributed by atoms with van der Waals surface area (Å²) in [6.45, 7) is 1.99. The first kappa shape index (κ1) is 14.8. The van der Waals surface area contributed by atoms with Gasteiger partial charge in [-0.15, -0.1) is 0 Å². The summed E-state index contributed by atoms with van der Waals surface area (Å²) < 4.78 is 0. The van der Waals surface area contributed by atoms with Crippen molar-refractivity contribution in [3.8, 4) is 0 Å². The summed E-state index contributed by atoms with van der Waals surface area (Å²) in [6, 6.07) is 5.43. The lowest BCUT2D eigenvalue weighted by molar-refractivity contribution is -0.130. The maximum Gasteiger partial charge on any atom is 0.226 e. The van der Waals surface area contributed by atoms with E-state index in [1.54, 1.807) is 24.1 Å². The highest BCUT2D eigenvalue weighted by Gasteiger charge is 2.15. The number of carbonyl (C=O) groups is 1. The van der Waals surface area contributed by atoms with E-state index in [2.05, 4.69) is 15.9 Å². The Hall–Kier alpha value is -0.250. The molecule has 0 aliphatic rings. The fraction of sp³-hybridized carbons (Fsp3) is 0.417. The van der Waals surface area contributed by atoms with Crippen molar-refractivity contribution < 1.29 is 4.79 Å². The van der Waals surface area contributed by atoms with Crippen LogP contribution in [0.15, 0.2) is 18.2 Å². The average Bonchev–Trinajstić information content (AvgIpc) is 2.31. The van der Waals surface area contributed by atoms with Gasteiger partial charge >= 0.3 is 0 Å². The minimum atomic E-state index is 0.0651. The Kier molecular flexibility index (Phi) is 5.77. The first-order chi connectivity index (χ1) is 7.95.